The quantitative estimate of drug-likeness (QED) is 0.467. The highest BCUT2D eigenvalue weighted by Crippen LogP contribution is 2.17. The van der Waals surface area contributed by atoms with Gasteiger partial charge in [0.2, 0.25) is 0 Å². The van der Waals surface area contributed by atoms with Crippen LogP contribution in [0.25, 0.3) is 0 Å². The van der Waals surface area contributed by atoms with Crippen molar-refractivity contribution in [2.45, 2.75) is 12.4 Å². The van der Waals surface area contributed by atoms with Crippen molar-refractivity contribution in [3.05, 3.63) is 101 Å². The molecule has 0 aliphatic carbocycles. The fourth-order valence-electron chi connectivity index (χ4n) is 2.62. The van der Waals surface area contributed by atoms with Crippen molar-refractivity contribution >= 4 is 29.3 Å². The molecule has 3 nitrogen and oxygen atoms in total. The molecule has 0 radical (unpaired) electrons. The number of benzene rings is 3. The Morgan fingerprint density at radius 1 is 0.929 bits per heavy atom. The number of amides is 1. The summed E-state index contributed by atoms with van der Waals surface area (Å²) in [6.45, 7) is 1.09. The number of ether oxygens (including phenoxy) is 1. The average molecular weight is 412 g/mol. The van der Waals surface area contributed by atoms with Gasteiger partial charge in [0.15, 0.2) is 0 Å². The molecule has 144 valence electrons. The topological polar surface area (TPSA) is 38.3 Å². The lowest BCUT2D eigenvalue weighted by Crippen LogP contribution is -2.25. The van der Waals surface area contributed by atoms with Gasteiger partial charge in [-0.15, -0.1) is 0 Å². The second-order valence-corrected chi connectivity index (χ2v) is 7.78. The van der Waals surface area contributed by atoms with E-state index in [-0.39, 0.29) is 5.91 Å². The number of carbonyl (C=O) groups is 1. The van der Waals surface area contributed by atoms with Crippen molar-refractivity contribution in [1.29, 1.82) is 0 Å². The Hall–Kier alpha value is -2.43. The minimum atomic E-state index is -0.0893. The van der Waals surface area contributed by atoms with Crippen LogP contribution in [-0.4, -0.2) is 18.2 Å². The number of carbonyl (C=O) groups excluding carboxylic acids is 1. The normalized spacial score (nSPS) is 10.5. The molecule has 0 heterocycles. The van der Waals surface area contributed by atoms with Gasteiger partial charge in [-0.3, -0.25) is 4.79 Å². The first-order chi connectivity index (χ1) is 13.7. The van der Waals surface area contributed by atoms with Crippen molar-refractivity contribution in [2.24, 2.45) is 0 Å². The lowest BCUT2D eigenvalue weighted by atomic mass is 10.2. The molecule has 0 atom stereocenters. The van der Waals surface area contributed by atoms with Crippen molar-refractivity contribution in [3.63, 3.8) is 0 Å². The van der Waals surface area contributed by atoms with Gasteiger partial charge in [0.05, 0.1) is 0 Å². The number of halogens is 1. The van der Waals surface area contributed by atoms with E-state index in [0.29, 0.717) is 24.5 Å². The Kier molecular flexibility index (Phi) is 7.82. The van der Waals surface area contributed by atoms with Gasteiger partial charge in [-0.25, -0.2) is 0 Å². The summed E-state index contributed by atoms with van der Waals surface area (Å²) in [7, 11) is 0. The van der Waals surface area contributed by atoms with Gasteiger partial charge < -0.3 is 10.1 Å². The predicted molar refractivity (Wildman–Crippen MR) is 117 cm³/mol. The summed E-state index contributed by atoms with van der Waals surface area (Å²) in [6, 6.07) is 25.1. The lowest BCUT2D eigenvalue weighted by Gasteiger charge is -2.09. The molecule has 1 N–H and O–H groups in total. The van der Waals surface area contributed by atoms with Crippen LogP contribution >= 0.6 is 23.4 Å². The van der Waals surface area contributed by atoms with E-state index in [2.05, 4.69) is 11.4 Å². The van der Waals surface area contributed by atoms with Crippen LogP contribution in [0.3, 0.4) is 0 Å². The third kappa shape index (κ3) is 6.63. The standard InChI is InChI=1S/C23H22ClNO2S/c24-21-10-4-8-19(14-21)17-28-13-12-25-23(26)20-9-5-11-22(15-20)27-16-18-6-2-1-3-7-18/h1-11,14-15H,12-13,16-17H2,(H,25,26). The van der Waals surface area contributed by atoms with E-state index in [4.69, 9.17) is 16.3 Å². The average Bonchev–Trinajstić information content (AvgIpc) is 2.73. The van der Waals surface area contributed by atoms with E-state index in [9.17, 15) is 4.79 Å². The molecule has 0 fully saturated rings. The Morgan fingerprint density at radius 2 is 1.71 bits per heavy atom. The van der Waals surface area contributed by atoms with E-state index in [0.717, 1.165) is 22.1 Å². The van der Waals surface area contributed by atoms with Crippen LogP contribution in [0, 0.1) is 0 Å². The van der Waals surface area contributed by atoms with E-state index >= 15 is 0 Å². The summed E-state index contributed by atoms with van der Waals surface area (Å²) < 4.78 is 5.79. The van der Waals surface area contributed by atoms with Crippen LogP contribution in [0.4, 0.5) is 0 Å². The van der Waals surface area contributed by atoms with Gasteiger partial charge in [0.25, 0.3) is 5.91 Å². The van der Waals surface area contributed by atoms with E-state index in [1.54, 1.807) is 23.9 Å². The molecule has 5 heteroatoms. The Morgan fingerprint density at radius 3 is 2.54 bits per heavy atom. The third-order valence-corrected chi connectivity index (χ3v) is 5.30. The predicted octanol–water partition coefficient (Wildman–Crippen LogP) is 5.58. The second-order valence-electron chi connectivity index (χ2n) is 6.24. The zero-order valence-corrected chi connectivity index (χ0v) is 17.0. The molecule has 0 spiro atoms. The van der Waals surface area contributed by atoms with Crippen LogP contribution in [0.15, 0.2) is 78.9 Å². The Labute approximate surface area is 175 Å². The highest BCUT2D eigenvalue weighted by atomic mass is 35.5. The SMILES string of the molecule is O=C(NCCSCc1cccc(Cl)c1)c1cccc(OCc2ccccc2)c1. The highest BCUT2D eigenvalue weighted by Gasteiger charge is 2.06. The molecule has 0 saturated carbocycles. The summed E-state index contributed by atoms with van der Waals surface area (Å²) in [5.41, 5.74) is 2.88. The van der Waals surface area contributed by atoms with Gasteiger partial charge in [-0.05, 0) is 41.5 Å². The molecule has 28 heavy (non-hydrogen) atoms. The van der Waals surface area contributed by atoms with Crippen LogP contribution < -0.4 is 10.1 Å². The van der Waals surface area contributed by atoms with Crippen molar-refractivity contribution in [1.82, 2.24) is 5.32 Å². The smallest absolute Gasteiger partial charge is 0.251 e. The molecule has 0 aliphatic heterocycles. The summed E-state index contributed by atoms with van der Waals surface area (Å²) >= 11 is 7.75. The van der Waals surface area contributed by atoms with Crippen LogP contribution in [-0.2, 0) is 12.4 Å². The van der Waals surface area contributed by atoms with E-state index < -0.39 is 0 Å². The van der Waals surface area contributed by atoms with Gasteiger partial charge in [-0.2, -0.15) is 11.8 Å². The molecule has 0 bridgehead atoms. The number of rotatable bonds is 9. The largest absolute Gasteiger partial charge is 0.489 e. The van der Waals surface area contributed by atoms with Crippen LogP contribution in [0.2, 0.25) is 5.02 Å². The molecule has 3 aromatic rings. The van der Waals surface area contributed by atoms with Crippen molar-refractivity contribution in [3.8, 4) is 5.75 Å². The summed E-state index contributed by atoms with van der Waals surface area (Å²) in [6.07, 6.45) is 0. The highest BCUT2D eigenvalue weighted by molar-refractivity contribution is 7.98. The van der Waals surface area contributed by atoms with Gasteiger partial charge in [0, 0.05) is 28.6 Å². The first-order valence-corrected chi connectivity index (χ1v) is 10.6. The summed E-state index contributed by atoms with van der Waals surface area (Å²) in [5, 5.41) is 3.71. The van der Waals surface area contributed by atoms with Crippen LogP contribution in [0.5, 0.6) is 5.75 Å². The first-order valence-electron chi connectivity index (χ1n) is 9.08. The molecule has 0 unspecified atom stereocenters. The lowest BCUT2D eigenvalue weighted by molar-refractivity contribution is 0.0955. The summed E-state index contributed by atoms with van der Waals surface area (Å²) in [4.78, 5) is 12.4. The van der Waals surface area contributed by atoms with Gasteiger partial charge in [-0.1, -0.05) is 60.1 Å². The monoisotopic (exact) mass is 411 g/mol. The Bertz CT molecular complexity index is 902. The molecular weight excluding hydrogens is 390 g/mol. The minimum Gasteiger partial charge on any atom is -0.489 e. The number of thioether (sulfide) groups is 1. The maximum absolute atomic E-state index is 12.4. The maximum atomic E-state index is 12.4. The Balaban J connectivity index is 1.41. The molecule has 1 amide bonds. The minimum absolute atomic E-state index is 0.0893. The maximum Gasteiger partial charge on any atom is 0.251 e. The molecule has 0 aliphatic rings. The number of hydrogen-bond acceptors (Lipinski definition) is 3. The van der Waals surface area contributed by atoms with Crippen molar-refractivity contribution in [2.75, 3.05) is 12.3 Å². The molecule has 3 aromatic carbocycles. The van der Waals surface area contributed by atoms with Gasteiger partial charge >= 0.3 is 0 Å². The zero-order valence-electron chi connectivity index (χ0n) is 15.4. The fraction of sp³-hybridized carbons (Fsp3) is 0.174. The zero-order chi connectivity index (χ0) is 19.6. The van der Waals surface area contributed by atoms with E-state index in [1.165, 1.54) is 5.56 Å². The molecule has 0 saturated heterocycles. The summed E-state index contributed by atoms with van der Waals surface area (Å²) in [5.74, 6) is 2.31. The fourth-order valence-corrected chi connectivity index (χ4v) is 3.64. The first kappa shape index (κ1) is 20.3. The molecule has 0 aromatic heterocycles. The van der Waals surface area contributed by atoms with Gasteiger partial charge in [0.1, 0.15) is 12.4 Å². The van der Waals surface area contributed by atoms with Crippen LogP contribution in [0.1, 0.15) is 21.5 Å². The number of hydrogen-bond donors (Lipinski definition) is 1. The van der Waals surface area contributed by atoms with Crippen molar-refractivity contribution < 1.29 is 9.53 Å². The van der Waals surface area contributed by atoms with E-state index in [1.807, 2.05) is 60.7 Å². The second kappa shape index (κ2) is 10.8. The number of nitrogens with one attached hydrogen (secondary N) is 1. The molecule has 3 rings (SSSR count). The third-order valence-electron chi connectivity index (χ3n) is 4.03. The molecular formula is C23H22ClNO2S.